The Balaban J connectivity index is 2.62. The Hall–Kier alpha value is -2.27. The zero-order valence-corrected chi connectivity index (χ0v) is 12.8. The number of anilines is 1. The fourth-order valence-electron chi connectivity index (χ4n) is 2.64. The van der Waals surface area contributed by atoms with Crippen LogP contribution in [0.1, 0.15) is 22.3 Å². The molecule has 0 saturated carbocycles. The number of benzene rings is 2. The molecule has 2 rings (SSSR count). The molecule has 20 heavy (non-hydrogen) atoms. The van der Waals surface area contributed by atoms with Gasteiger partial charge in [-0.05, 0) is 72.9 Å². The highest BCUT2D eigenvalue weighted by Crippen LogP contribution is 2.33. The molecule has 0 atom stereocenters. The Morgan fingerprint density at radius 3 is 1.95 bits per heavy atom. The summed E-state index contributed by atoms with van der Waals surface area (Å²) in [6.45, 7) is 6.36. The molecule has 0 fully saturated rings. The minimum Gasteiger partial charge on any atom is -0.378 e. The minimum absolute atomic E-state index is 0.714. The summed E-state index contributed by atoms with van der Waals surface area (Å²) >= 11 is 0. The molecule has 2 nitrogen and oxygen atoms in total. The maximum Gasteiger partial charge on any atom is 0.0991 e. The fourth-order valence-corrected chi connectivity index (χ4v) is 2.64. The van der Waals surface area contributed by atoms with Crippen molar-refractivity contribution in [1.29, 1.82) is 5.26 Å². The van der Waals surface area contributed by atoms with Gasteiger partial charge >= 0.3 is 0 Å². The first-order chi connectivity index (χ1) is 9.43. The molecule has 2 aromatic rings. The molecule has 0 N–H and O–H groups in total. The van der Waals surface area contributed by atoms with E-state index in [4.69, 9.17) is 5.26 Å². The van der Waals surface area contributed by atoms with Crippen molar-refractivity contribution in [2.45, 2.75) is 20.8 Å². The van der Waals surface area contributed by atoms with Gasteiger partial charge in [-0.3, -0.25) is 0 Å². The predicted octanol–water partition coefficient (Wildman–Crippen LogP) is 4.22. The first-order valence-corrected chi connectivity index (χ1v) is 6.73. The third-order valence-corrected chi connectivity index (χ3v) is 3.66. The number of hydrogen-bond donors (Lipinski definition) is 0. The van der Waals surface area contributed by atoms with E-state index in [0.29, 0.717) is 5.56 Å². The summed E-state index contributed by atoms with van der Waals surface area (Å²) in [4.78, 5) is 2.12. The average molecular weight is 264 g/mol. The quantitative estimate of drug-likeness (QED) is 0.812. The van der Waals surface area contributed by atoms with Gasteiger partial charge in [-0.1, -0.05) is 6.07 Å². The largest absolute Gasteiger partial charge is 0.378 e. The van der Waals surface area contributed by atoms with Gasteiger partial charge in [0.15, 0.2) is 0 Å². The van der Waals surface area contributed by atoms with Crippen LogP contribution in [0.5, 0.6) is 0 Å². The van der Waals surface area contributed by atoms with Crippen molar-refractivity contribution in [3.63, 3.8) is 0 Å². The standard InChI is InChI=1S/C18H20N2/c1-12-8-15(11-19)6-7-17(12)18-13(2)9-16(20(4)5)10-14(18)3/h6-10H,1-5H3. The van der Waals surface area contributed by atoms with Crippen molar-refractivity contribution < 1.29 is 0 Å². The number of hydrogen-bond acceptors (Lipinski definition) is 2. The molecule has 0 spiro atoms. The highest BCUT2D eigenvalue weighted by atomic mass is 15.1. The molecule has 102 valence electrons. The van der Waals surface area contributed by atoms with Crippen LogP contribution in [0.2, 0.25) is 0 Å². The van der Waals surface area contributed by atoms with E-state index < -0.39 is 0 Å². The highest BCUT2D eigenvalue weighted by Gasteiger charge is 2.11. The third-order valence-electron chi connectivity index (χ3n) is 3.66. The Morgan fingerprint density at radius 1 is 0.900 bits per heavy atom. The molecular weight excluding hydrogens is 244 g/mol. The predicted molar refractivity (Wildman–Crippen MR) is 85.1 cm³/mol. The minimum atomic E-state index is 0.714. The summed E-state index contributed by atoms with van der Waals surface area (Å²) in [5, 5.41) is 8.97. The van der Waals surface area contributed by atoms with Crippen LogP contribution in [0.15, 0.2) is 30.3 Å². The van der Waals surface area contributed by atoms with Crippen LogP contribution < -0.4 is 4.90 Å². The van der Waals surface area contributed by atoms with Crippen LogP contribution in [-0.4, -0.2) is 14.1 Å². The monoisotopic (exact) mass is 264 g/mol. The normalized spacial score (nSPS) is 10.2. The Bertz CT molecular complexity index is 668. The van der Waals surface area contributed by atoms with Gasteiger partial charge in [0.1, 0.15) is 0 Å². The van der Waals surface area contributed by atoms with Crippen molar-refractivity contribution in [3.05, 3.63) is 52.6 Å². The van der Waals surface area contributed by atoms with Gasteiger partial charge in [0.05, 0.1) is 11.6 Å². The molecule has 0 amide bonds. The van der Waals surface area contributed by atoms with Crippen molar-refractivity contribution in [1.82, 2.24) is 0 Å². The molecule has 0 aromatic heterocycles. The summed E-state index contributed by atoms with van der Waals surface area (Å²) < 4.78 is 0. The van der Waals surface area contributed by atoms with E-state index in [9.17, 15) is 0 Å². The fraction of sp³-hybridized carbons (Fsp3) is 0.278. The van der Waals surface area contributed by atoms with Crippen LogP contribution in [0.25, 0.3) is 11.1 Å². The van der Waals surface area contributed by atoms with Crippen LogP contribution in [0, 0.1) is 32.1 Å². The molecule has 2 aromatic carbocycles. The van der Waals surface area contributed by atoms with E-state index in [1.807, 2.05) is 12.1 Å². The van der Waals surface area contributed by atoms with Crippen LogP contribution in [-0.2, 0) is 0 Å². The van der Waals surface area contributed by atoms with Gasteiger partial charge in [0.25, 0.3) is 0 Å². The van der Waals surface area contributed by atoms with E-state index in [-0.39, 0.29) is 0 Å². The second-order valence-electron chi connectivity index (χ2n) is 5.49. The summed E-state index contributed by atoms with van der Waals surface area (Å²) in [5.74, 6) is 0. The molecule has 0 aliphatic heterocycles. The van der Waals surface area contributed by atoms with Crippen molar-refractivity contribution >= 4 is 5.69 Å². The lowest BCUT2D eigenvalue weighted by Gasteiger charge is -2.19. The van der Waals surface area contributed by atoms with Crippen LogP contribution >= 0.6 is 0 Å². The van der Waals surface area contributed by atoms with Crippen molar-refractivity contribution in [2.75, 3.05) is 19.0 Å². The number of aryl methyl sites for hydroxylation is 3. The van der Waals surface area contributed by atoms with Gasteiger partial charge in [-0.25, -0.2) is 0 Å². The maximum atomic E-state index is 8.97. The van der Waals surface area contributed by atoms with Crippen molar-refractivity contribution in [2.24, 2.45) is 0 Å². The molecule has 0 unspecified atom stereocenters. The lowest BCUT2D eigenvalue weighted by molar-refractivity contribution is 1.12. The molecule has 0 heterocycles. The van der Waals surface area contributed by atoms with Gasteiger partial charge in [0, 0.05) is 19.8 Å². The highest BCUT2D eigenvalue weighted by molar-refractivity contribution is 5.76. The van der Waals surface area contributed by atoms with E-state index in [2.05, 4.69) is 64.0 Å². The molecule has 0 saturated heterocycles. The van der Waals surface area contributed by atoms with Crippen LogP contribution in [0.4, 0.5) is 5.69 Å². The lowest BCUT2D eigenvalue weighted by atomic mass is 9.91. The molecule has 2 heteroatoms. The molecule has 0 aliphatic carbocycles. The smallest absolute Gasteiger partial charge is 0.0991 e. The van der Waals surface area contributed by atoms with Crippen LogP contribution in [0.3, 0.4) is 0 Å². The summed E-state index contributed by atoms with van der Waals surface area (Å²) in [7, 11) is 4.11. The topological polar surface area (TPSA) is 27.0 Å². The molecule has 0 radical (unpaired) electrons. The molecule has 0 bridgehead atoms. The van der Waals surface area contributed by atoms with Gasteiger partial charge in [-0.15, -0.1) is 0 Å². The number of rotatable bonds is 2. The second-order valence-corrected chi connectivity index (χ2v) is 5.49. The second kappa shape index (κ2) is 5.38. The van der Waals surface area contributed by atoms with E-state index in [1.165, 1.54) is 27.9 Å². The van der Waals surface area contributed by atoms with E-state index in [0.717, 1.165) is 5.56 Å². The lowest BCUT2D eigenvalue weighted by Crippen LogP contribution is -2.09. The van der Waals surface area contributed by atoms with Gasteiger partial charge in [0.2, 0.25) is 0 Å². The Morgan fingerprint density at radius 2 is 1.50 bits per heavy atom. The summed E-state index contributed by atoms with van der Waals surface area (Å²) in [5.41, 5.74) is 8.10. The SMILES string of the molecule is Cc1cc(C#N)ccc1-c1c(C)cc(N(C)C)cc1C. The Labute approximate surface area is 121 Å². The Kier molecular flexibility index (Phi) is 3.81. The van der Waals surface area contributed by atoms with E-state index in [1.54, 1.807) is 0 Å². The van der Waals surface area contributed by atoms with Crippen molar-refractivity contribution in [3.8, 4) is 17.2 Å². The average Bonchev–Trinajstić information content (AvgIpc) is 2.39. The first-order valence-electron chi connectivity index (χ1n) is 6.73. The molecule has 0 aliphatic rings. The first kappa shape index (κ1) is 14.1. The number of nitriles is 1. The van der Waals surface area contributed by atoms with Gasteiger partial charge < -0.3 is 4.90 Å². The zero-order valence-electron chi connectivity index (χ0n) is 12.8. The maximum absolute atomic E-state index is 8.97. The van der Waals surface area contributed by atoms with Gasteiger partial charge in [-0.2, -0.15) is 5.26 Å². The number of nitrogens with zero attached hydrogens (tertiary/aromatic N) is 2. The third kappa shape index (κ3) is 2.53. The summed E-state index contributed by atoms with van der Waals surface area (Å²) in [6.07, 6.45) is 0. The zero-order chi connectivity index (χ0) is 14.9. The van der Waals surface area contributed by atoms with E-state index >= 15 is 0 Å². The molecular formula is C18H20N2. The summed E-state index contributed by atoms with van der Waals surface area (Å²) in [6, 6.07) is 12.5.